The minimum absolute atomic E-state index is 0.0650. The van der Waals surface area contributed by atoms with Crippen LogP contribution in [0.1, 0.15) is 16.1 Å². The molecule has 7 heteroatoms. The maximum Gasteiger partial charge on any atom is 0.274 e. The van der Waals surface area contributed by atoms with Gasteiger partial charge in [0.15, 0.2) is 5.69 Å². The van der Waals surface area contributed by atoms with Gasteiger partial charge in [-0.15, -0.1) is 10.2 Å². The summed E-state index contributed by atoms with van der Waals surface area (Å²) in [5.74, 6) is 0.577. The van der Waals surface area contributed by atoms with Gasteiger partial charge in [0, 0.05) is 45.5 Å². The molecule has 2 aromatic rings. The number of methoxy groups -OCH3 is 1. The van der Waals surface area contributed by atoms with Gasteiger partial charge in [-0.1, -0.05) is 12.1 Å². The van der Waals surface area contributed by atoms with Crippen LogP contribution < -0.4 is 10.2 Å². The third kappa shape index (κ3) is 4.49. The summed E-state index contributed by atoms with van der Waals surface area (Å²) >= 11 is 0. The molecule has 1 aliphatic rings. The molecule has 1 saturated heterocycles. The van der Waals surface area contributed by atoms with Gasteiger partial charge in [0.05, 0.1) is 6.61 Å². The highest BCUT2D eigenvalue weighted by Crippen LogP contribution is 2.18. The van der Waals surface area contributed by atoms with E-state index >= 15 is 0 Å². The molecule has 0 spiro atoms. The first-order chi connectivity index (χ1) is 12.7. The Balaban J connectivity index is 1.54. The summed E-state index contributed by atoms with van der Waals surface area (Å²) in [4.78, 5) is 16.8. The molecule has 0 unspecified atom stereocenters. The van der Waals surface area contributed by atoms with E-state index in [4.69, 9.17) is 4.74 Å². The summed E-state index contributed by atoms with van der Waals surface area (Å²) in [5.41, 5.74) is 2.84. The lowest BCUT2D eigenvalue weighted by atomic mass is 10.2. The number of aryl methyl sites for hydroxylation is 1. The number of amides is 1. The first kappa shape index (κ1) is 18.1. The van der Waals surface area contributed by atoms with Gasteiger partial charge in [0.1, 0.15) is 5.82 Å². The van der Waals surface area contributed by atoms with Crippen LogP contribution in [0.25, 0.3) is 0 Å². The second-order valence-corrected chi connectivity index (χ2v) is 6.34. The van der Waals surface area contributed by atoms with Crippen LogP contribution in [0.3, 0.4) is 0 Å². The van der Waals surface area contributed by atoms with Crippen molar-refractivity contribution < 1.29 is 9.53 Å². The number of nitrogens with one attached hydrogen (secondary N) is 1. The molecule has 2 heterocycles. The third-order valence-electron chi connectivity index (χ3n) is 4.43. The molecule has 1 aliphatic heterocycles. The molecule has 1 amide bonds. The van der Waals surface area contributed by atoms with Crippen LogP contribution in [-0.2, 0) is 4.74 Å². The Bertz CT molecular complexity index is 727. The van der Waals surface area contributed by atoms with Crippen molar-refractivity contribution in [2.24, 2.45) is 0 Å². The van der Waals surface area contributed by atoms with Crippen LogP contribution >= 0.6 is 0 Å². The van der Waals surface area contributed by atoms with Crippen LogP contribution in [0, 0.1) is 6.92 Å². The highest BCUT2D eigenvalue weighted by molar-refractivity contribution is 5.92. The summed E-state index contributed by atoms with van der Waals surface area (Å²) in [6, 6.07) is 12.0. The van der Waals surface area contributed by atoms with Gasteiger partial charge in [-0.2, -0.15) is 0 Å². The molecule has 7 nitrogen and oxygen atoms in total. The van der Waals surface area contributed by atoms with E-state index in [-0.39, 0.29) is 5.91 Å². The number of hydrogen-bond donors (Lipinski definition) is 1. The van der Waals surface area contributed by atoms with E-state index in [9.17, 15) is 4.79 Å². The van der Waals surface area contributed by atoms with Crippen molar-refractivity contribution in [2.45, 2.75) is 6.92 Å². The number of aromatic nitrogens is 2. The first-order valence-electron chi connectivity index (χ1n) is 8.85. The van der Waals surface area contributed by atoms with Gasteiger partial charge in [0.25, 0.3) is 5.91 Å². The summed E-state index contributed by atoms with van der Waals surface area (Å²) in [6.07, 6.45) is 0. The number of carbonyl (C=O) groups excluding carboxylic acids is 1. The number of ether oxygens (including phenoxy) is 1. The summed E-state index contributed by atoms with van der Waals surface area (Å²) in [6.45, 7) is 6.34. The van der Waals surface area contributed by atoms with E-state index in [1.54, 1.807) is 19.2 Å². The number of hydrogen-bond acceptors (Lipinski definition) is 6. The van der Waals surface area contributed by atoms with Gasteiger partial charge in [0.2, 0.25) is 0 Å². The van der Waals surface area contributed by atoms with Crippen LogP contribution in [0.5, 0.6) is 0 Å². The molecular weight excluding hydrogens is 330 g/mol. The molecule has 3 rings (SSSR count). The van der Waals surface area contributed by atoms with E-state index in [2.05, 4.69) is 51.6 Å². The standard InChI is InChI=1S/C19H25N5O2/c1-15-4-3-5-16(14-15)23-9-11-24(12-10-23)19(25)17-6-7-18(22-21-17)20-8-13-26-2/h3-7,14H,8-13H2,1-2H3,(H,20,22). The number of anilines is 2. The number of piperazine rings is 1. The molecule has 26 heavy (non-hydrogen) atoms. The number of benzene rings is 1. The van der Waals surface area contributed by atoms with Crippen molar-refractivity contribution in [2.75, 3.05) is 56.7 Å². The number of nitrogens with zero attached hydrogens (tertiary/aromatic N) is 4. The smallest absolute Gasteiger partial charge is 0.274 e. The Labute approximate surface area is 154 Å². The molecule has 0 saturated carbocycles. The van der Waals surface area contributed by atoms with Gasteiger partial charge < -0.3 is 19.9 Å². The van der Waals surface area contributed by atoms with Gasteiger partial charge in [-0.05, 0) is 36.8 Å². The molecule has 0 bridgehead atoms. The zero-order valence-corrected chi connectivity index (χ0v) is 15.3. The van der Waals surface area contributed by atoms with Gasteiger partial charge >= 0.3 is 0 Å². The van der Waals surface area contributed by atoms with E-state index in [1.807, 2.05) is 4.90 Å². The average molecular weight is 355 g/mol. The molecule has 138 valence electrons. The van der Waals surface area contributed by atoms with Gasteiger partial charge in [-0.3, -0.25) is 4.79 Å². The third-order valence-corrected chi connectivity index (χ3v) is 4.43. The SMILES string of the molecule is COCCNc1ccc(C(=O)N2CCN(c3cccc(C)c3)CC2)nn1. The first-order valence-corrected chi connectivity index (χ1v) is 8.85. The summed E-state index contributed by atoms with van der Waals surface area (Å²) in [5, 5.41) is 11.2. The van der Waals surface area contributed by atoms with E-state index in [0.29, 0.717) is 37.8 Å². The predicted molar refractivity (Wildman–Crippen MR) is 102 cm³/mol. The van der Waals surface area contributed by atoms with Crippen LogP contribution in [0.2, 0.25) is 0 Å². The highest BCUT2D eigenvalue weighted by atomic mass is 16.5. The number of carbonyl (C=O) groups is 1. The number of rotatable bonds is 6. The molecule has 0 radical (unpaired) electrons. The lowest BCUT2D eigenvalue weighted by Crippen LogP contribution is -2.49. The van der Waals surface area contributed by atoms with E-state index in [1.165, 1.54) is 11.3 Å². The molecular formula is C19H25N5O2. The van der Waals surface area contributed by atoms with Crippen LogP contribution in [-0.4, -0.2) is 67.4 Å². The van der Waals surface area contributed by atoms with Gasteiger partial charge in [-0.25, -0.2) is 0 Å². The highest BCUT2D eigenvalue weighted by Gasteiger charge is 2.23. The van der Waals surface area contributed by atoms with Crippen molar-refractivity contribution in [3.8, 4) is 0 Å². The van der Waals surface area contributed by atoms with Crippen molar-refractivity contribution in [3.63, 3.8) is 0 Å². The second-order valence-electron chi connectivity index (χ2n) is 6.34. The minimum Gasteiger partial charge on any atom is -0.383 e. The van der Waals surface area contributed by atoms with Crippen molar-refractivity contribution in [1.29, 1.82) is 0 Å². The molecule has 1 N–H and O–H groups in total. The van der Waals surface area contributed by atoms with Crippen LogP contribution in [0.4, 0.5) is 11.5 Å². The van der Waals surface area contributed by atoms with E-state index < -0.39 is 0 Å². The molecule has 1 fully saturated rings. The van der Waals surface area contributed by atoms with E-state index in [0.717, 1.165) is 13.1 Å². The molecule has 1 aromatic heterocycles. The second kappa shape index (κ2) is 8.62. The molecule has 0 atom stereocenters. The fourth-order valence-electron chi connectivity index (χ4n) is 2.98. The Morgan fingerprint density at radius 1 is 1.15 bits per heavy atom. The lowest BCUT2D eigenvalue weighted by molar-refractivity contribution is 0.0739. The van der Waals surface area contributed by atoms with Crippen molar-refractivity contribution in [3.05, 3.63) is 47.7 Å². The maximum atomic E-state index is 12.6. The predicted octanol–water partition coefficient (Wildman–Crippen LogP) is 1.81. The van der Waals surface area contributed by atoms with Crippen molar-refractivity contribution >= 4 is 17.4 Å². The largest absolute Gasteiger partial charge is 0.383 e. The Kier molecular flexibility index (Phi) is 6.01. The maximum absolute atomic E-state index is 12.6. The minimum atomic E-state index is -0.0650. The summed E-state index contributed by atoms with van der Waals surface area (Å²) in [7, 11) is 1.65. The Morgan fingerprint density at radius 3 is 2.62 bits per heavy atom. The topological polar surface area (TPSA) is 70.6 Å². The lowest BCUT2D eigenvalue weighted by Gasteiger charge is -2.36. The monoisotopic (exact) mass is 355 g/mol. The van der Waals surface area contributed by atoms with Crippen LogP contribution in [0.15, 0.2) is 36.4 Å². The fourth-order valence-corrected chi connectivity index (χ4v) is 2.98. The fraction of sp³-hybridized carbons (Fsp3) is 0.421. The quantitative estimate of drug-likeness (QED) is 0.797. The normalized spacial score (nSPS) is 14.4. The molecule has 0 aliphatic carbocycles. The average Bonchev–Trinajstić information content (AvgIpc) is 2.68. The van der Waals surface area contributed by atoms with Crippen molar-refractivity contribution in [1.82, 2.24) is 15.1 Å². The molecule has 1 aromatic carbocycles. The Hall–Kier alpha value is -2.67. The zero-order valence-electron chi connectivity index (χ0n) is 15.3. The zero-order chi connectivity index (χ0) is 18.4. The summed E-state index contributed by atoms with van der Waals surface area (Å²) < 4.78 is 4.98. The Morgan fingerprint density at radius 2 is 1.96 bits per heavy atom.